The van der Waals surface area contributed by atoms with Crippen molar-refractivity contribution in [2.75, 3.05) is 0 Å². The smallest absolute Gasteiger partial charge is 0.285 e. The van der Waals surface area contributed by atoms with E-state index in [9.17, 15) is 22.0 Å². The molecule has 1 nitrogen and oxygen atoms in total. The number of aliphatic imine (C=N–C) groups is 1. The minimum atomic E-state index is -5.57. The standard InChI is InChI=1S/C7H10F5N/c1-5(2,3)13-4-6(8,9)7(10,11)12/h4H,1-3H3. The number of halogens is 5. The van der Waals surface area contributed by atoms with Crippen molar-refractivity contribution in [1.29, 1.82) is 0 Å². The summed E-state index contributed by atoms with van der Waals surface area (Å²) in [6.07, 6.45) is -5.92. The lowest BCUT2D eigenvalue weighted by Gasteiger charge is -2.17. The second kappa shape index (κ2) is 3.23. The molecule has 13 heavy (non-hydrogen) atoms. The van der Waals surface area contributed by atoms with E-state index in [4.69, 9.17) is 0 Å². The van der Waals surface area contributed by atoms with E-state index in [2.05, 4.69) is 4.99 Å². The summed E-state index contributed by atoms with van der Waals surface area (Å²) in [5, 5.41) is 0. The van der Waals surface area contributed by atoms with Crippen molar-refractivity contribution in [3.05, 3.63) is 0 Å². The van der Waals surface area contributed by atoms with Gasteiger partial charge < -0.3 is 0 Å². The van der Waals surface area contributed by atoms with Crippen molar-refractivity contribution in [3.63, 3.8) is 0 Å². The van der Waals surface area contributed by atoms with Crippen LogP contribution in [0.5, 0.6) is 0 Å². The minimum absolute atomic E-state index is 0.354. The highest BCUT2D eigenvalue weighted by atomic mass is 19.4. The van der Waals surface area contributed by atoms with Gasteiger partial charge in [-0.15, -0.1) is 0 Å². The fraction of sp³-hybridized carbons (Fsp3) is 0.857. The van der Waals surface area contributed by atoms with E-state index < -0.39 is 17.6 Å². The van der Waals surface area contributed by atoms with Gasteiger partial charge in [0.1, 0.15) is 0 Å². The summed E-state index contributed by atoms with van der Waals surface area (Å²) in [7, 11) is 0. The molecule has 0 aliphatic heterocycles. The van der Waals surface area contributed by atoms with Crippen LogP contribution in [0.2, 0.25) is 0 Å². The third kappa shape index (κ3) is 4.19. The molecule has 0 unspecified atom stereocenters. The highest BCUT2D eigenvalue weighted by Gasteiger charge is 2.56. The van der Waals surface area contributed by atoms with Gasteiger partial charge in [-0.1, -0.05) is 0 Å². The fourth-order valence-corrected chi connectivity index (χ4v) is 0.348. The van der Waals surface area contributed by atoms with Gasteiger partial charge in [-0.3, -0.25) is 4.99 Å². The summed E-state index contributed by atoms with van der Waals surface area (Å²) < 4.78 is 59.1. The maximum absolute atomic E-state index is 12.2. The van der Waals surface area contributed by atoms with Gasteiger partial charge in [-0.05, 0) is 20.8 Å². The molecule has 0 saturated carbocycles. The van der Waals surface area contributed by atoms with Crippen LogP contribution in [0.3, 0.4) is 0 Å². The molecule has 0 rings (SSSR count). The molecule has 0 spiro atoms. The average Bonchev–Trinajstić information content (AvgIpc) is 1.79. The summed E-state index contributed by atoms with van der Waals surface area (Å²) in [5.41, 5.74) is -0.936. The molecule has 0 radical (unpaired) electrons. The highest BCUT2D eigenvalue weighted by Crippen LogP contribution is 2.34. The molecule has 0 aromatic heterocycles. The van der Waals surface area contributed by atoms with E-state index in [0.29, 0.717) is 0 Å². The van der Waals surface area contributed by atoms with Crippen LogP contribution in [-0.4, -0.2) is 23.9 Å². The first kappa shape index (κ1) is 12.3. The van der Waals surface area contributed by atoms with E-state index in [-0.39, 0.29) is 6.21 Å². The Bertz CT molecular complexity index is 198. The van der Waals surface area contributed by atoms with Crippen molar-refractivity contribution in [2.45, 2.75) is 38.4 Å². The largest absolute Gasteiger partial charge is 0.459 e. The summed E-state index contributed by atoms with van der Waals surface area (Å²) >= 11 is 0. The summed E-state index contributed by atoms with van der Waals surface area (Å²) in [5.74, 6) is -4.85. The van der Waals surface area contributed by atoms with Gasteiger partial charge in [0.2, 0.25) is 0 Å². The number of hydrogen-bond donors (Lipinski definition) is 0. The highest BCUT2D eigenvalue weighted by molar-refractivity contribution is 5.68. The monoisotopic (exact) mass is 203 g/mol. The summed E-state index contributed by atoms with van der Waals surface area (Å²) in [6, 6.07) is 0. The Labute approximate surface area is 72.7 Å². The van der Waals surface area contributed by atoms with Crippen LogP contribution in [0.1, 0.15) is 20.8 Å². The Morgan fingerprint density at radius 1 is 0.923 bits per heavy atom. The molecular weight excluding hydrogens is 193 g/mol. The second-order valence-electron chi connectivity index (χ2n) is 3.55. The van der Waals surface area contributed by atoms with Gasteiger partial charge in [-0.2, -0.15) is 22.0 Å². The molecule has 0 amide bonds. The first-order chi connectivity index (χ1) is 5.46. The molecule has 0 aliphatic rings. The molecule has 78 valence electrons. The predicted molar refractivity (Wildman–Crippen MR) is 39.2 cm³/mol. The van der Waals surface area contributed by atoms with E-state index in [1.165, 1.54) is 20.8 Å². The van der Waals surface area contributed by atoms with Crippen LogP contribution >= 0.6 is 0 Å². The molecule has 0 bridgehead atoms. The summed E-state index contributed by atoms with van der Waals surface area (Å²) in [4.78, 5) is 3.10. The lowest BCUT2D eigenvalue weighted by molar-refractivity contribution is -0.247. The Balaban J connectivity index is 4.62. The van der Waals surface area contributed by atoms with Crippen molar-refractivity contribution in [1.82, 2.24) is 0 Å². The van der Waals surface area contributed by atoms with Gasteiger partial charge in [0.25, 0.3) is 0 Å². The first-order valence-electron chi connectivity index (χ1n) is 3.47. The molecule has 0 heterocycles. The van der Waals surface area contributed by atoms with E-state index in [1.807, 2.05) is 0 Å². The maximum atomic E-state index is 12.2. The average molecular weight is 203 g/mol. The lowest BCUT2D eigenvalue weighted by atomic mass is 10.1. The van der Waals surface area contributed by atoms with Gasteiger partial charge in [0.15, 0.2) is 0 Å². The number of nitrogens with zero attached hydrogens (tertiary/aromatic N) is 1. The van der Waals surface area contributed by atoms with Gasteiger partial charge in [0, 0.05) is 0 Å². The SMILES string of the molecule is CC(C)(C)N=CC(F)(F)C(F)(F)F. The fourth-order valence-electron chi connectivity index (χ4n) is 0.348. The minimum Gasteiger partial charge on any atom is -0.285 e. The molecular formula is C7H10F5N. The maximum Gasteiger partial charge on any atom is 0.459 e. The molecule has 6 heteroatoms. The van der Waals surface area contributed by atoms with Gasteiger partial charge in [-0.25, -0.2) is 0 Å². The van der Waals surface area contributed by atoms with Crippen LogP contribution in [0, 0.1) is 0 Å². The van der Waals surface area contributed by atoms with Gasteiger partial charge >= 0.3 is 12.1 Å². The van der Waals surface area contributed by atoms with Crippen LogP contribution < -0.4 is 0 Å². The predicted octanol–water partition coefficient (Wildman–Crippen LogP) is 3.05. The zero-order valence-corrected chi connectivity index (χ0v) is 7.41. The van der Waals surface area contributed by atoms with Crippen LogP contribution in [-0.2, 0) is 0 Å². The molecule has 0 aliphatic carbocycles. The molecule has 0 aromatic carbocycles. The number of hydrogen-bond acceptors (Lipinski definition) is 1. The first-order valence-corrected chi connectivity index (χ1v) is 3.47. The van der Waals surface area contributed by atoms with Crippen molar-refractivity contribution >= 4 is 6.21 Å². The Morgan fingerprint density at radius 3 is 1.54 bits per heavy atom. The quantitative estimate of drug-likeness (QED) is 0.458. The number of rotatable bonds is 1. The molecule has 0 atom stereocenters. The third-order valence-electron chi connectivity index (χ3n) is 0.992. The van der Waals surface area contributed by atoms with Crippen LogP contribution in [0.4, 0.5) is 22.0 Å². The van der Waals surface area contributed by atoms with Crippen molar-refractivity contribution < 1.29 is 22.0 Å². The molecule has 0 fully saturated rings. The van der Waals surface area contributed by atoms with Crippen molar-refractivity contribution in [2.24, 2.45) is 4.99 Å². The zero-order chi connectivity index (χ0) is 10.9. The Kier molecular flexibility index (Phi) is 3.06. The summed E-state index contributed by atoms with van der Waals surface area (Å²) in [6.45, 7) is 4.28. The molecule has 0 aromatic rings. The topological polar surface area (TPSA) is 12.4 Å². The molecule has 0 N–H and O–H groups in total. The van der Waals surface area contributed by atoms with E-state index in [0.717, 1.165) is 0 Å². The normalized spacial score (nSPS) is 15.4. The zero-order valence-electron chi connectivity index (χ0n) is 7.41. The Morgan fingerprint density at radius 2 is 1.31 bits per heavy atom. The second-order valence-corrected chi connectivity index (χ2v) is 3.55. The number of alkyl halides is 5. The van der Waals surface area contributed by atoms with Gasteiger partial charge in [0.05, 0.1) is 11.8 Å². The third-order valence-corrected chi connectivity index (χ3v) is 0.992. The Hall–Kier alpha value is -0.680. The van der Waals surface area contributed by atoms with Crippen LogP contribution in [0.15, 0.2) is 4.99 Å². The molecule has 0 saturated heterocycles. The van der Waals surface area contributed by atoms with Crippen LogP contribution in [0.25, 0.3) is 0 Å². The van der Waals surface area contributed by atoms with E-state index in [1.54, 1.807) is 0 Å². The van der Waals surface area contributed by atoms with E-state index >= 15 is 0 Å². The van der Waals surface area contributed by atoms with Crippen molar-refractivity contribution in [3.8, 4) is 0 Å². The lowest BCUT2D eigenvalue weighted by Crippen LogP contribution is -2.38.